The number of benzene rings is 2. The lowest BCUT2D eigenvalue weighted by Crippen LogP contribution is -2.17. The third kappa shape index (κ3) is 3.49. The van der Waals surface area contributed by atoms with Gasteiger partial charge in [-0.25, -0.2) is 0 Å². The molecule has 138 valence electrons. The molecule has 27 heavy (non-hydrogen) atoms. The highest BCUT2D eigenvalue weighted by atomic mass is 32.2. The van der Waals surface area contributed by atoms with Crippen LogP contribution in [0.2, 0.25) is 0 Å². The minimum atomic E-state index is -0.125. The molecule has 6 heteroatoms. The molecule has 0 amide bonds. The summed E-state index contributed by atoms with van der Waals surface area (Å²) in [5.74, 6) is 1.78. The number of aromatic nitrogens is 3. The van der Waals surface area contributed by atoms with E-state index in [1.54, 1.807) is 7.11 Å². The lowest BCUT2D eigenvalue weighted by Gasteiger charge is -2.13. The predicted molar refractivity (Wildman–Crippen MR) is 106 cm³/mol. The Hall–Kier alpha value is -2.60. The van der Waals surface area contributed by atoms with E-state index in [-0.39, 0.29) is 11.0 Å². The van der Waals surface area contributed by atoms with E-state index in [0.29, 0.717) is 0 Å². The first-order valence-corrected chi connectivity index (χ1v) is 9.88. The van der Waals surface area contributed by atoms with E-state index in [1.165, 1.54) is 11.8 Å². The summed E-state index contributed by atoms with van der Waals surface area (Å²) in [4.78, 5) is 13.0. The Balaban J connectivity index is 1.58. The van der Waals surface area contributed by atoms with Crippen LogP contribution in [0.1, 0.15) is 28.8 Å². The molecule has 1 aliphatic carbocycles. The van der Waals surface area contributed by atoms with Gasteiger partial charge in [0.1, 0.15) is 5.75 Å². The fraction of sp³-hybridized carbons (Fsp3) is 0.286. The maximum Gasteiger partial charge on any atom is 0.191 e. The molecular formula is C21H21N3O2S. The maximum absolute atomic E-state index is 13.0. The normalized spacial score (nSPS) is 16.7. The number of nitrogens with zero attached hydrogens (tertiary/aromatic N) is 3. The molecule has 0 saturated carbocycles. The number of ether oxygens (including phenoxy) is 1. The van der Waals surface area contributed by atoms with E-state index in [0.717, 1.165) is 52.7 Å². The minimum Gasteiger partial charge on any atom is -0.497 e. The summed E-state index contributed by atoms with van der Waals surface area (Å²) in [6, 6.07) is 15.7. The van der Waals surface area contributed by atoms with Crippen molar-refractivity contribution < 1.29 is 9.53 Å². The van der Waals surface area contributed by atoms with Crippen LogP contribution in [0.3, 0.4) is 0 Å². The van der Waals surface area contributed by atoms with Crippen molar-refractivity contribution in [2.24, 2.45) is 7.05 Å². The maximum atomic E-state index is 13.0. The molecule has 0 saturated heterocycles. The molecule has 0 fully saturated rings. The molecule has 2 aromatic carbocycles. The van der Waals surface area contributed by atoms with Gasteiger partial charge in [0.15, 0.2) is 16.8 Å². The van der Waals surface area contributed by atoms with Crippen LogP contribution in [-0.2, 0) is 13.5 Å². The summed E-state index contributed by atoms with van der Waals surface area (Å²) in [6.07, 6.45) is 2.81. The standard InChI is InChI=1S/C21H21N3O2S/c1-24-20(15-10-12-16(26-2)13-11-15)22-23-21(24)27-18-9-5-7-14-6-3-4-8-17(14)19(18)25/h3-4,6,8,10-13,18H,5,7,9H2,1-2H3. The molecule has 0 radical (unpaired) electrons. The van der Waals surface area contributed by atoms with Gasteiger partial charge in [-0.3, -0.25) is 4.79 Å². The van der Waals surface area contributed by atoms with Gasteiger partial charge in [0.05, 0.1) is 12.4 Å². The van der Waals surface area contributed by atoms with Gasteiger partial charge in [0, 0.05) is 18.2 Å². The van der Waals surface area contributed by atoms with Crippen molar-refractivity contribution in [2.75, 3.05) is 7.11 Å². The number of ketones is 1. The van der Waals surface area contributed by atoms with Gasteiger partial charge in [0.2, 0.25) is 0 Å². The monoisotopic (exact) mass is 379 g/mol. The Kier molecular flexibility index (Phi) is 4.99. The molecule has 0 N–H and O–H groups in total. The number of thioether (sulfide) groups is 1. The van der Waals surface area contributed by atoms with Crippen LogP contribution in [0.5, 0.6) is 5.75 Å². The largest absolute Gasteiger partial charge is 0.497 e. The van der Waals surface area contributed by atoms with Gasteiger partial charge in [-0.2, -0.15) is 0 Å². The summed E-state index contributed by atoms with van der Waals surface area (Å²) in [5.41, 5.74) is 2.97. The summed E-state index contributed by atoms with van der Waals surface area (Å²) < 4.78 is 7.16. The zero-order valence-corrected chi connectivity index (χ0v) is 16.2. The quantitative estimate of drug-likeness (QED) is 0.637. The number of carbonyl (C=O) groups is 1. The fourth-order valence-electron chi connectivity index (χ4n) is 3.41. The van der Waals surface area contributed by atoms with Crippen LogP contribution in [0.25, 0.3) is 11.4 Å². The summed E-state index contributed by atoms with van der Waals surface area (Å²) in [7, 11) is 3.59. The first-order valence-electron chi connectivity index (χ1n) is 9.00. The molecule has 1 heterocycles. The topological polar surface area (TPSA) is 57.0 Å². The third-order valence-corrected chi connectivity index (χ3v) is 6.22. The smallest absolute Gasteiger partial charge is 0.191 e. The van der Waals surface area contributed by atoms with Crippen LogP contribution in [0.4, 0.5) is 0 Å². The minimum absolute atomic E-state index is 0.125. The summed E-state index contributed by atoms with van der Waals surface area (Å²) in [5, 5.41) is 9.32. The van der Waals surface area contributed by atoms with E-state index in [9.17, 15) is 4.79 Å². The SMILES string of the molecule is COc1ccc(-c2nnc(SC3CCCc4ccccc4C3=O)n2C)cc1. The molecule has 3 aromatic rings. The van der Waals surface area contributed by atoms with E-state index in [2.05, 4.69) is 16.3 Å². The number of hydrogen-bond acceptors (Lipinski definition) is 5. The second kappa shape index (κ2) is 7.56. The van der Waals surface area contributed by atoms with Crippen molar-refractivity contribution in [3.8, 4) is 17.1 Å². The van der Waals surface area contributed by atoms with Gasteiger partial charge in [0.25, 0.3) is 0 Å². The molecular weight excluding hydrogens is 358 g/mol. The summed E-state index contributed by atoms with van der Waals surface area (Å²) in [6.45, 7) is 0. The highest BCUT2D eigenvalue weighted by Gasteiger charge is 2.28. The summed E-state index contributed by atoms with van der Waals surface area (Å²) >= 11 is 1.51. The number of aryl methyl sites for hydroxylation is 1. The van der Waals surface area contributed by atoms with Crippen LogP contribution in [-0.4, -0.2) is 32.9 Å². The van der Waals surface area contributed by atoms with Crippen molar-refractivity contribution in [1.29, 1.82) is 0 Å². The molecule has 1 unspecified atom stereocenters. The number of fused-ring (bicyclic) bond motifs is 1. The molecule has 0 bridgehead atoms. The van der Waals surface area contributed by atoms with E-state index in [4.69, 9.17) is 4.74 Å². The number of methoxy groups -OCH3 is 1. The van der Waals surface area contributed by atoms with Crippen molar-refractivity contribution >= 4 is 17.5 Å². The van der Waals surface area contributed by atoms with Gasteiger partial charge in [-0.15, -0.1) is 10.2 Å². The van der Waals surface area contributed by atoms with Crippen molar-refractivity contribution in [3.63, 3.8) is 0 Å². The number of hydrogen-bond donors (Lipinski definition) is 0. The molecule has 1 aliphatic rings. The van der Waals surface area contributed by atoms with Crippen molar-refractivity contribution in [3.05, 3.63) is 59.7 Å². The average molecular weight is 379 g/mol. The number of rotatable bonds is 4. The van der Waals surface area contributed by atoms with Gasteiger partial charge in [-0.1, -0.05) is 36.0 Å². The zero-order valence-electron chi connectivity index (χ0n) is 15.4. The molecule has 1 atom stereocenters. The average Bonchev–Trinajstić information content (AvgIpc) is 2.99. The molecule has 5 nitrogen and oxygen atoms in total. The van der Waals surface area contributed by atoms with E-state index >= 15 is 0 Å². The van der Waals surface area contributed by atoms with Crippen LogP contribution >= 0.6 is 11.8 Å². The fourth-order valence-corrected chi connectivity index (χ4v) is 4.52. The highest BCUT2D eigenvalue weighted by Crippen LogP contribution is 2.33. The number of Topliss-reactive ketones (excluding diaryl/α,β-unsaturated/α-hetero) is 1. The van der Waals surface area contributed by atoms with Crippen LogP contribution in [0.15, 0.2) is 53.7 Å². The third-order valence-electron chi connectivity index (χ3n) is 4.92. The predicted octanol–water partition coefficient (Wildman–Crippen LogP) is 4.17. The zero-order chi connectivity index (χ0) is 18.8. The van der Waals surface area contributed by atoms with Crippen molar-refractivity contribution in [1.82, 2.24) is 14.8 Å². The Labute approximate surface area is 162 Å². The van der Waals surface area contributed by atoms with E-state index in [1.807, 2.05) is 54.1 Å². The second-order valence-electron chi connectivity index (χ2n) is 6.61. The van der Waals surface area contributed by atoms with Gasteiger partial charge >= 0.3 is 0 Å². The Morgan fingerprint density at radius 3 is 2.67 bits per heavy atom. The van der Waals surface area contributed by atoms with Gasteiger partial charge in [-0.05, 0) is 49.1 Å². The second-order valence-corrected chi connectivity index (χ2v) is 7.78. The molecule has 1 aromatic heterocycles. The lowest BCUT2D eigenvalue weighted by atomic mass is 10.0. The van der Waals surface area contributed by atoms with Crippen LogP contribution in [0, 0.1) is 0 Å². The van der Waals surface area contributed by atoms with Crippen LogP contribution < -0.4 is 4.74 Å². The molecule has 4 rings (SSSR count). The number of carbonyl (C=O) groups excluding carboxylic acids is 1. The molecule has 0 aliphatic heterocycles. The van der Waals surface area contributed by atoms with Gasteiger partial charge < -0.3 is 9.30 Å². The Morgan fingerprint density at radius 1 is 1.11 bits per heavy atom. The first kappa shape index (κ1) is 17.8. The Morgan fingerprint density at radius 2 is 1.89 bits per heavy atom. The molecule has 0 spiro atoms. The highest BCUT2D eigenvalue weighted by molar-refractivity contribution is 8.00. The van der Waals surface area contributed by atoms with Crippen molar-refractivity contribution in [2.45, 2.75) is 29.7 Å². The Bertz CT molecular complexity index is 966. The first-order chi connectivity index (χ1) is 13.2. The van der Waals surface area contributed by atoms with E-state index < -0.39 is 0 Å². The lowest BCUT2D eigenvalue weighted by molar-refractivity contribution is 0.0988.